The molecule has 0 saturated carbocycles. The van der Waals surface area contributed by atoms with E-state index in [-0.39, 0.29) is 5.95 Å². The van der Waals surface area contributed by atoms with Gasteiger partial charge >= 0.3 is 0 Å². The lowest BCUT2D eigenvalue weighted by molar-refractivity contribution is 0.290. The molecule has 0 bridgehead atoms. The van der Waals surface area contributed by atoms with E-state index in [2.05, 4.69) is 9.97 Å². The zero-order valence-electron chi connectivity index (χ0n) is 10.4. The van der Waals surface area contributed by atoms with Crippen molar-refractivity contribution < 1.29 is 9.47 Å². The molecule has 5 nitrogen and oxygen atoms in total. The quantitative estimate of drug-likeness (QED) is 0.891. The van der Waals surface area contributed by atoms with Crippen molar-refractivity contribution in [1.82, 2.24) is 9.97 Å². The molecule has 0 aliphatic carbocycles. The molecule has 0 fully saturated rings. The number of nitrogen functional groups attached to an aromatic ring is 1. The third-order valence-electron chi connectivity index (χ3n) is 2.45. The molecular formula is C13H15N3O2. The van der Waals surface area contributed by atoms with Crippen molar-refractivity contribution in [3.8, 4) is 11.6 Å². The van der Waals surface area contributed by atoms with Gasteiger partial charge in [-0.2, -0.15) is 4.98 Å². The van der Waals surface area contributed by atoms with E-state index in [4.69, 9.17) is 15.2 Å². The maximum absolute atomic E-state index is 5.62. The summed E-state index contributed by atoms with van der Waals surface area (Å²) in [5.74, 6) is 1.52. The van der Waals surface area contributed by atoms with Crippen LogP contribution in [0.5, 0.6) is 11.6 Å². The highest BCUT2D eigenvalue weighted by Crippen LogP contribution is 2.17. The van der Waals surface area contributed by atoms with Crippen LogP contribution in [-0.4, -0.2) is 17.1 Å². The van der Waals surface area contributed by atoms with Crippen LogP contribution in [0.2, 0.25) is 0 Å². The lowest BCUT2D eigenvalue weighted by Crippen LogP contribution is -2.03. The van der Waals surface area contributed by atoms with Gasteiger partial charge in [0.15, 0.2) is 0 Å². The van der Waals surface area contributed by atoms with Crippen LogP contribution in [0.25, 0.3) is 0 Å². The molecular weight excluding hydrogens is 230 g/mol. The van der Waals surface area contributed by atoms with E-state index in [0.29, 0.717) is 12.5 Å². The smallest absolute Gasteiger partial charge is 0.223 e. The second-order valence-corrected chi connectivity index (χ2v) is 3.86. The summed E-state index contributed by atoms with van der Waals surface area (Å²) in [5, 5.41) is 0. The first kappa shape index (κ1) is 12.2. The van der Waals surface area contributed by atoms with Crippen LogP contribution < -0.4 is 15.2 Å². The molecule has 1 aromatic carbocycles. The minimum absolute atomic E-state index is 0.209. The predicted octanol–water partition coefficient (Wildman–Crippen LogP) is 1.95. The molecule has 0 spiro atoms. The number of nitrogens with zero attached hydrogens (tertiary/aromatic N) is 2. The summed E-state index contributed by atoms with van der Waals surface area (Å²) in [7, 11) is 1.63. The minimum atomic E-state index is 0.209. The molecule has 5 heteroatoms. The Balaban J connectivity index is 2.08. The molecule has 1 heterocycles. The van der Waals surface area contributed by atoms with Gasteiger partial charge in [-0.25, -0.2) is 4.98 Å². The summed E-state index contributed by atoms with van der Waals surface area (Å²) in [4.78, 5) is 7.93. The van der Waals surface area contributed by atoms with Gasteiger partial charge in [-0.1, -0.05) is 12.1 Å². The van der Waals surface area contributed by atoms with Crippen molar-refractivity contribution in [2.75, 3.05) is 12.8 Å². The van der Waals surface area contributed by atoms with E-state index in [0.717, 1.165) is 16.9 Å². The average Bonchev–Trinajstić information content (AvgIpc) is 2.40. The molecule has 0 aliphatic heterocycles. The SMILES string of the molecule is COc1cccc(COc2nc(N)ncc2C)c1. The average molecular weight is 245 g/mol. The topological polar surface area (TPSA) is 70.3 Å². The first-order valence-electron chi connectivity index (χ1n) is 5.54. The van der Waals surface area contributed by atoms with Gasteiger partial charge in [0, 0.05) is 11.8 Å². The Labute approximate surface area is 106 Å². The number of benzene rings is 1. The van der Waals surface area contributed by atoms with Crippen molar-refractivity contribution in [2.45, 2.75) is 13.5 Å². The summed E-state index contributed by atoms with van der Waals surface area (Å²) >= 11 is 0. The van der Waals surface area contributed by atoms with Crippen molar-refractivity contribution in [1.29, 1.82) is 0 Å². The normalized spacial score (nSPS) is 10.1. The van der Waals surface area contributed by atoms with Gasteiger partial charge < -0.3 is 15.2 Å². The number of ether oxygens (including phenoxy) is 2. The number of nitrogens with two attached hydrogens (primary N) is 1. The molecule has 94 valence electrons. The largest absolute Gasteiger partial charge is 0.497 e. The summed E-state index contributed by atoms with van der Waals surface area (Å²) in [6, 6.07) is 7.68. The lowest BCUT2D eigenvalue weighted by atomic mass is 10.2. The molecule has 0 radical (unpaired) electrons. The van der Waals surface area contributed by atoms with E-state index >= 15 is 0 Å². The van der Waals surface area contributed by atoms with Crippen LogP contribution in [0, 0.1) is 6.92 Å². The van der Waals surface area contributed by atoms with Crippen molar-refractivity contribution in [2.24, 2.45) is 0 Å². The molecule has 1 aromatic heterocycles. The van der Waals surface area contributed by atoms with Crippen LogP contribution in [0.3, 0.4) is 0 Å². The van der Waals surface area contributed by atoms with Gasteiger partial charge in [0.2, 0.25) is 11.8 Å². The van der Waals surface area contributed by atoms with E-state index in [9.17, 15) is 0 Å². The first-order chi connectivity index (χ1) is 8.69. The molecule has 2 aromatic rings. The molecule has 2 rings (SSSR count). The molecule has 18 heavy (non-hydrogen) atoms. The van der Waals surface area contributed by atoms with E-state index in [1.807, 2.05) is 31.2 Å². The maximum Gasteiger partial charge on any atom is 0.223 e. The van der Waals surface area contributed by atoms with Gasteiger partial charge in [-0.15, -0.1) is 0 Å². The Bertz CT molecular complexity index is 544. The Hall–Kier alpha value is -2.30. The lowest BCUT2D eigenvalue weighted by Gasteiger charge is -2.09. The Kier molecular flexibility index (Phi) is 3.62. The second-order valence-electron chi connectivity index (χ2n) is 3.86. The van der Waals surface area contributed by atoms with Crippen LogP contribution >= 0.6 is 0 Å². The molecule has 0 unspecified atom stereocenters. The van der Waals surface area contributed by atoms with Crippen molar-refractivity contribution in [3.05, 3.63) is 41.6 Å². The number of anilines is 1. The number of hydrogen-bond acceptors (Lipinski definition) is 5. The molecule has 0 aliphatic rings. The fourth-order valence-corrected chi connectivity index (χ4v) is 1.50. The monoisotopic (exact) mass is 245 g/mol. The van der Waals surface area contributed by atoms with Gasteiger partial charge in [0.05, 0.1) is 7.11 Å². The van der Waals surface area contributed by atoms with E-state index in [1.165, 1.54) is 0 Å². The zero-order valence-corrected chi connectivity index (χ0v) is 10.4. The molecule has 0 amide bonds. The summed E-state index contributed by atoms with van der Waals surface area (Å²) in [6.07, 6.45) is 1.64. The van der Waals surface area contributed by atoms with Crippen LogP contribution in [0.15, 0.2) is 30.5 Å². The highest BCUT2D eigenvalue weighted by atomic mass is 16.5. The third-order valence-corrected chi connectivity index (χ3v) is 2.45. The van der Waals surface area contributed by atoms with Crippen molar-refractivity contribution >= 4 is 5.95 Å². The number of methoxy groups -OCH3 is 1. The Morgan fingerprint density at radius 3 is 2.94 bits per heavy atom. The minimum Gasteiger partial charge on any atom is -0.497 e. The van der Waals surface area contributed by atoms with Crippen molar-refractivity contribution in [3.63, 3.8) is 0 Å². The highest BCUT2D eigenvalue weighted by Gasteiger charge is 2.04. The third kappa shape index (κ3) is 2.88. The predicted molar refractivity (Wildman–Crippen MR) is 68.5 cm³/mol. The van der Waals surface area contributed by atoms with Gasteiger partial charge in [0.1, 0.15) is 12.4 Å². The fraction of sp³-hybridized carbons (Fsp3) is 0.231. The zero-order chi connectivity index (χ0) is 13.0. The molecule has 0 saturated heterocycles. The van der Waals surface area contributed by atoms with Gasteiger partial charge in [-0.05, 0) is 24.6 Å². The number of hydrogen-bond donors (Lipinski definition) is 1. The molecule has 2 N–H and O–H groups in total. The van der Waals surface area contributed by atoms with Crippen LogP contribution in [0.1, 0.15) is 11.1 Å². The van der Waals surface area contributed by atoms with Crippen LogP contribution in [-0.2, 0) is 6.61 Å². The summed E-state index contributed by atoms with van der Waals surface area (Å²) in [6.45, 7) is 2.29. The standard InChI is InChI=1S/C13H15N3O2/c1-9-7-15-13(14)16-12(9)18-8-10-4-3-5-11(6-10)17-2/h3-7H,8H2,1-2H3,(H2,14,15,16). The van der Waals surface area contributed by atoms with Gasteiger partial charge in [-0.3, -0.25) is 0 Å². The summed E-state index contributed by atoms with van der Waals surface area (Å²) < 4.78 is 10.8. The number of aryl methyl sites for hydroxylation is 1. The second kappa shape index (κ2) is 5.35. The fourth-order valence-electron chi connectivity index (χ4n) is 1.50. The number of aromatic nitrogens is 2. The maximum atomic E-state index is 5.62. The molecule has 0 atom stereocenters. The summed E-state index contributed by atoms with van der Waals surface area (Å²) in [5.41, 5.74) is 7.38. The highest BCUT2D eigenvalue weighted by molar-refractivity contribution is 5.30. The first-order valence-corrected chi connectivity index (χ1v) is 5.54. The van der Waals surface area contributed by atoms with Crippen LogP contribution in [0.4, 0.5) is 5.95 Å². The van der Waals surface area contributed by atoms with E-state index in [1.54, 1.807) is 13.3 Å². The van der Waals surface area contributed by atoms with E-state index < -0.39 is 0 Å². The number of rotatable bonds is 4. The van der Waals surface area contributed by atoms with Gasteiger partial charge in [0.25, 0.3) is 0 Å². The Morgan fingerprint density at radius 1 is 1.33 bits per heavy atom. The Morgan fingerprint density at radius 2 is 2.17 bits per heavy atom.